The summed E-state index contributed by atoms with van der Waals surface area (Å²) in [6.45, 7) is 9.18. The zero-order valence-corrected chi connectivity index (χ0v) is 13.7. The van der Waals surface area contributed by atoms with Gasteiger partial charge in [-0.1, -0.05) is 13.8 Å². The molecule has 0 aromatic heterocycles. The van der Waals surface area contributed by atoms with Gasteiger partial charge in [-0.3, -0.25) is 9.59 Å². The van der Waals surface area contributed by atoms with E-state index in [-0.39, 0.29) is 23.5 Å². The average molecular weight is 296 g/mol. The third-order valence-electron chi connectivity index (χ3n) is 4.87. The van der Waals surface area contributed by atoms with Crippen LogP contribution >= 0.6 is 0 Å². The number of carbonyl (C=O) groups excluding carboxylic acids is 2. The van der Waals surface area contributed by atoms with E-state index in [9.17, 15) is 9.59 Å². The summed E-state index contributed by atoms with van der Waals surface area (Å²) < 4.78 is 6.00. The molecule has 0 saturated carbocycles. The van der Waals surface area contributed by atoms with Crippen molar-refractivity contribution in [3.63, 3.8) is 0 Å². The van der Waals surface area contributed by atoms with Gasteiger partial charge >= 0.3 is 0 Å². The molecule has 0 aromatic rings. The van der Waals surface area contributed by atoms with E-state index in [2.05, 4.69) is 19.2 Å². The van der Waals surface area contributed by atoms with Gasteiger partial charge in [0.1, 0.15) is 5.54 Å². The lowest BCUT2D eigenvalue weighted by molar-refractivity contribution is -0.141. The second kappa shape index (κ2) is 5.95. The minimum atomic E-state index is -0.734. The minimum Gasteiger partial charge on any atom is -0.371 e. The second-order valence-corrected chi connectivity index (χ2v) is 6.88. The molecule has 1 atom stereocenters. The first-order chi connectivity index (χ1) is 9.82. The van der Waals surface area contributed by atoms with Crippen molar-refractivity contribution in [2.75, 3.05) is 13.1 Å². The topological polar surface area (TPSA) is 58.6 Å². The van der Waals surface area contributed by atoms with Gasteiger partial charge in [-0.2, -0.15) is 0 Å². The van der Waals surface area contributed by atoms with E-state index in [1.165, 1.54) is 0 Å². The highest BCUT2D eigenvalue weighted by Crippen LogP contribution is 2.31. The molecule has 0 aliphatic carbocycles. The van der Waals surface area contributed by atoms with Gasteiger partial charge < -0.3 is 15.0 Å². The molecule has 21 heavy (non-hydrogen) atoms. The highest BCUT2D eigenvalue weighted by atomic mass is 16.5. The van der Waals surface area contributed by atoms with Crippen molar-refractivity contribution in [2.24, 2.45) is 0 Å². The van der Waals surface area contributed by atoms with Crippen LogP contribution in [0, 0.1) is 0 Å². The Kier molecular flexibility index (Phi) is 4.61. The Morgan fingerprint density at radius 2 is 1.95 bits per heavy atom. The highest BCUT2D eigenvalue weighted by Gasteiger charge is 2.43. The maximum atomic E-state index is 12.9. The summed E-state index contributed by atoms with van der Waals surface area (Å²) in [5.74, 6) is 0.0221. The Balaban J connectivity index is 2.11. The minimum absolute atomic E-state index is 0.0257. The van der Waals surface area contributed by atoms with Gasteiger partial charge in [-0.15, -0.1) is 0 Å². The third kappa shape index (κ3) is 3.39. The third-order valence-corrected chi connectivity index (χ3v) is 4.87. The van der Waals surface area contributed by atoms with Gasteiger partial charge in [-0.05, 0) is 39.5 Å². The van der Waals surface area contributed by atoms with Crippen LogP contribution in [0.5, 0.6) is 0 Å². The van der Waals surface area contributed by atoms with Crippen LogP contribution in [0.2, 0.25) is 0 Å². The van der Waals surface area contributed by atoms with Crippen molar-refractivity contribution in [3.05, 3.63) is 0 Å². The lowest BCUT2D eigenvalue weighted by atomic mass is 9.91. The van der Waals surface area contributed by atoms with Crippen molar-refractivity contribution >= 4 is 11.8 Å². The molecule has 0 radical (unpaired) electrons. The van der Waals surface area contributed by atoms with Gasteiger partial charge in [0.15, 0.2) is 0 Å². The Bertz CT molecular complexity index is 416. The Morgan fingerprint density at radius 3 is 2.48 bits per heavy atom. The average Bonchev–Trinajstić information content (AvgIpc) is 2.73. The molecule has 0 bridgehead atoms. The first-order valence-electron chi connectivity index (χ1n) is 8.10. The number of rotatable bonds is 4. The summed E-state index contributed by atoms with van der Waals surface area (Å²) in [5.41, 5.74) is -0.831. The quantitative estimate of drug-likeness (QED) is 0.861. The summed E-state index contributed by atoms with van der Waals surface area (Å²) in [5, 5.41) is 2.94. The highest BCUT2D eigenvalue weighted by molar-refractivity contribution is 5.93. The molecule has 2 fully saturated rings. The smallest absolute Gasteiger partial charge is 0.248 e. The van der Waals surface area contributed by atoms with E-state index >= 15 is 0 Å². The molecule has 1 unspecified atom stereocenters. The predicted molar refractivity (Wildman–Crippen MR) is 80.8 cm³/mol. The molecule has 2 amide bonds. The molecule has 2 aliphatic heterocycles. The second-order valence-electron chi connectivity index (χ2n) is 6.88. The maximum Gasteiger partial charge on any atom is 0.248 e. The van der Waals surface area contributed by atoms with Crippen molar-refractivity contribution < 1.29 is 14.3 Å². The van der Waals surface area contributed by atoms with E-state index in [1.807, 2.05) is 18.7 Å². The Hall–Kier alpha value is -1.10. The van der Waals surface area contributed by atoms with Crippen LogP contribution in [-0.4, -0.2) is 47.0 Å². The molecule has 2 heterocycles. The van der Waals surface area contributed by atoms with Crippen molar-refractivity contribution in [3.8, 4) is 0 Å². The number of amides is 2. The first kappa shape index (κ1) is 16.3. The summed E-state index contributed by atoms with van der Waals surface area (Å²) in [4.78, 5) is 26.6. The lowest BCUT2D eigenvalue weighted by Crippen LogP contribution is -2.57. The fourth-order valence-electron chi connectivity index (χ4n) is 3.38. The fourth-order valence-corrected chi connectivity index (χ4v) is 3.38. The van der Waals surface area contributed by atoms with Crippen molar-refractivity contribution in [2.45, 2.75) is 77.0 Å². The zero-order chi connectivity index (χ0) is 15.7. The molecule has 2 aliphatic rings. The van der Waals surface area contributed by atoms with Crippen molar-refractivity contribution in [1.82, 2.24) is 10.2 Å². The number of nitrogens with zero attached hydrogens (tertiary/aromatic N) is 1. The monoisotopic (exact) mass is 296 g/mol. The SMILES string of the molecule is CCC1(CC)NC(=O)CCN(CC2CCC(C)(C)O2)C1=O. The van der Waals surface area contributed by atoms with Crippen LogP contribution in [0.25, 0.3) is 0 Å². The molecule has 5 nitrogen and oxygen atoms in total. The molecule has 5 heteroatoms. The Labute approximate surface area is 127 Å². The zero-order valence-electron chi connectivity index (χ0n) is 13.7. The van der Waals surface area contributed by atoms with Crippen LogP contribution < -0.4 is 5.32 Å². The molecule has 2 saturated heterocycles. The molecule has 1 N–H and O–H groups in total. The fraction of sp³-hybridized carbons (Fsp3) is 0.875. The van der Waals surface area contributed by atoms with Crippen LogP contribution in [0.15, 0.2) is 0 Å². The van der Waals surface area contributed by atoms with Gasteiger partial charge in [0.2, 0.25) is 11.8 Å². The van der Waals surface area contributed by atoms with E-state index in [0.29, 0.717) is 32.4 Å². The van der Waals surface area contributed by atoms with Crippen LogP contribution in [0.3, 0.4) is 0 Å². The van der Waals surface area contributed by atoms with Gasteiger partial charge in [0, 0.05) is 19.5 Å². The molecule has 2 rings (SSSR count). The predicted octanol–water partition coefficient (Wildman–Crippen LogP) is 1.85. The molecular formula is C16H28N2O3. The van der Waals surface area contributed by atoms with Crippen LogP contribution in [0.1, 0.15) is 59.8 Å². The van der Waals surface area contributed by atoms with Crippen molar-refractivity contribution in [1.29, 1.82) is 0 Å². The first-order valence-corrected chi connectivity index (χ1v) is 8.10. The van der Waals surface area contributed by atoms with Gasteiger partial charge in [0.25, 0.3) is 0 Å². The Morgan fingerprint density at radius 1 is 1.29 bits per heavy atom. The number of carbonyl (C=O) groups is 2. The molecular weight excluding hydrogens is 268 g/mol. The number of hydrogen-bond donors (Lipinski definition) is 1. The summed E-state index contributed by atoms with van der Waals surface area (Å²) in [6.07, 6.45) is 3.71. The van der Waals surface area contributed by atoms with Gasteiger partial charge in [0.05, 0.1) is 11.7 Å². The maximum absolute atomic E-state index is 12.9. The summed E-state index contributed by atoms with van der Waals surface area (Å²) in [6, 6.07) is 0. The van der Waals surface area contributed by atoms with Gasteiger partial charge in [-0.25, -0.2) is 0 Å². The van der Waals surface area contributed by atoms with Crippen LogP contribution in [-0.2, 0) is 14.3 Å². The largest absolute Gasteiger partial charge is 0.371 e. The van der Waals surface area contributed by atoms with E-state index in [0.717, 1.165) is 12.8 Å². The lowest BCUT2D eigenvalue weighted by Gasteiger charge is -2.34. The molecule has 0 aromatic carbocycles. The van der Waals surface area contributed by atoms with E-state index in [1.54, 1.807) is 0 Å². The summed E-state index contributed by atoms with van der Waals surface area (Å²) in [7, 11) is 0. The van der Waals surface area contributed by atoms with Crippen LogP contribution in [0.4, 0.5) is 0 Å². The van der Waals surface area contributed by atoms with E-state index in [4.69, 9.17) is 4.74 Å². The number of ether oxygens (including phenoxy) is 1. The number of nitrogens with one attached hydrogen (secondary N) is 1. The normalized spacial score (nSPS) is 28.4. The molecule has 0 spiro atoms. The standard InChI is InChI=1S/C16H28N2O3/c1-5-16(6-2)14(20)18(10-8-13(19)17-16)11-12-7-9-15(3,4)21-12/h12H,5-11H2,1-4H3,(H,17,19). The van der Waals surface area contributed by atoms with E-state index < -0.39 is 5.54 Å². The number of hydrogen-bond acceptors (Lipinski definition) is 3. The summed E-state index contributed by atoms with van der Waals surface area (Å²) >= 11 is 0. The molecule has 120 valence electrons.